The third-order valence-electron chi connectivity index (χ3n) is 9.65. The monoisotopic (exact) mass is 631 g/mol. The van der Waals surface area contributed by atoms with Crippen LogP contribution in [0.2, 0.25) is 0 Å². The van der Waals surface area contributed by atoms with Crippen molar-refractivity contribution in [3.8, 4) is 0 Å². The van der Waals surface area contributed by atoms with E-state index in [2.05, 4.69) is 11.9 Å². The maximum atomic E-state index is 14.0. The summed E-state index contributed by atoms with van der Waals surface area (Å²) in [5, 5.41) is 25.5. The first kappa shape index (κ1) is 33.1. The van der Waals surface area contributed by atoms with E-state index in [1.165, 1.54) is 7.11 Å². The summed E-state index contributed by atoms with van der Waals surface area (Å²) < 4.78 is 5.13. The first-order chi connectivity index (χ1) is 21.5. The van der Waals surface area contributed by atoms with E-state index in [4.69, 9.17) is 19.7 Å². The molecule has 11 heteroatoms. The molecule has 3 N–H and O–H groups in total. The number of aliphatic hydroxyl groups excluding tert-OH is 1. The number of aliphatic carboxylic acids is 1. The summed E-state index contributed by atoms with van der Waals surface area (Å²) in [5.74, 6) is -3.62. The minimum Gasteiger partial charge on any atom is -0.657 e. The Labute approximate surface area is 281 Å². The number of ether oxygens (including phenoxy) is 1. The molecule has 0 spiro atoms. The topological polar surface area (TPSA) is 155 Å². The molecule has 6 rings (SSSR count). The molecule has 10 nitrogen and oxygen atoms in total. The number of hydrogen-bond donors (Lipinski definition) is 3. The van der Waals surface area contributed by atoms with Gasteiger partial charge >= 0.3 is 35.0 Å². The van der Waals surface area contributed by atoms with Crippen LogP contribution in [0.3, 0.4) is 0 Å². The summed E-state index contributed by atoms with van der Waals surface area (Å²) in [6, 6.07) is -0.555. The molecule has 1 aliphatic carbocycles. The molecule has 46 heavy (non-hydrogen) atoms. The Hall–Kier alpha value is -4.22. The Morgan fingerprint density at radius 3 is 2.41 bits per heavy atom. The number of ketones is 1. The summed E-state index contributed by atoms with van der Waals surface area (Å²) >= 11 is 0. The van der Waals surface area contributed by atoms with Crippen LogP contribution in [0.1, 0.15) is 76.4 Å². The van der Waals surface area contributed by atoms with Crippen LogP contribution in [0.4, 0.5) is 0 Å². The number of carboxylic acid groups (broad SMARTS) is 1. The number of nitrogens with one attached hydrogen (secondary N) is 1. The molecular weight excluding hydrogens is 597 g/mol. The van der Waals surface area contributed by atoms with Gasteiger partial charge in [-0.2, -0.15) is 0 Å². The third-order valence-corrected chi connectivity index (χ3v) is 9.65. The van der Waals surface area contributed by atoms with Crippen LogP contribution in [0.25, 0.3) is 36.1 Å². The SMILES string of the molecule is C=Cc1c2[n-]c(c1C)/C=C1\NC(C3=c4[n-]/c(c(C)c4C(=O)[C@@H]3C(=O)OC)=C\c3[n-]c(/c(=C/O)c3CC)=C\2)[C@@H](CCC(=O)O)[C@@H]1C.[Mg+2]. The number of fused-ring (bicyclic) bond motifs is 8. The molecule has 5 heterocycles. The molecule has 3 aliphatic rings. The summed E-state index contributed by atoms with van der Waals surface area (Å²) in [7, 11) is 1.25. The first-order valence-electron chi connectivity index (χ1n) is 15.1. The van der Waals surface area contributed by atoms with E-state index in [1.54, 1.807) is 13.0 Å². The fourth-order valence-corrected chi connectivity index (χ4v) is 7.26. The van der Waals surface area contributed by atoms with Crippen LogP contribution in [0.15, 0.2) is 12.3 Å². The average Bonchev–Trinajstić information content (AvgIpc) is 3.76. The van der Waals surface area contributed by atoms with Gasteiger partial charge in [0.1, 0.15) is 5.92 Å². The van der Waals surface area contributed by atoms with Gasteiger partial charge in [0.2, 0.25) is 0 Å². The zero-order valence-electron chi connectivity index (χ0n) is 26.6. The number of rotatable bonds is 6. The van der Waals surface area contributed by atoms with Gasteiger partial charge in [0.15, 0.2) is 5.78 Å². The van der Waals surface area contributed by atoms with E-state index in [-0.39, 0.29) is 47.1 Å². The number of carbonyl (C=O) groups excluding carboxylic acids is 2. The second-order valence-electron chi connectivity index (χ2n) is 11.9. The molecule has 1 fully saturated rings. The molecule has 1 unspecified atom stereocenters. The first-order valence-corrected chi connectivity index (χ1v) is 15.1. The largest absolute Gasteiger partial charge is 2.00 e. The van der Waals surface area contributed by atoms with Gasteiger partial charge in [-0.15, -0.1) is 33.1 Å². The summed E-state index contributed by atoms with van der Waals surface area (Å²) in [6.07, 6.45) is 9.20. The minimum absolute atomic E-state index is 0. The molecule has 8 bridgehead atoms. The van der Waals surface area contributed by atoms with Gasteiger partial charge < -0.3 is 35.2 Å². The number of carbonyl (C=O) groups is 3. The second kappa shape index (κ2) is 12.5. The Bertz CT molecular complexity index is 2080. The van der Waals surface area contributed by atoms with E-state index in [9.17, 15) is 24.6 Å². The molecular formula is C35H35MgN4O6-. The van der Waals surface area contributed by atoms with Crippen molar-refractivity contribution in [2.45, 2.75) is 53.0 Å². The molecule has 234 valence electrons. The maximum absolute atomic E-state index is 14.0. The standard InChI is InChI=1S/C35H35N4O6.Mg/c1-7-18-15(3)22-11-23-16(4)20(9-10-28(41)42)32(38-23)30-31(35(44)45-6)34(43)29-17(5)24(39-33(29)30)12-26-19(8-2)21(14-40)27(37-26)13-25(18)36-22;/h7,11-14,16,20,31-32,38H,1,8-10H2,2-6H3,(H,40,43)(H,41,42);/q-3;+2/b23-11-,27-13-;/t16-,20-,31+,32?;/m0./s1. The van der Waals surface area contributed by atoms with Crippen LogP contribution in [0, 0.1) is 31.6 Å². The predicted octanol–water partition coefficient (Wildman–Crippen LogP) is 0.533. The fraction of sp³-hybridized carbons (Fsp3) is 0.343. The number of methoxy groups -OCH3 is 1. The average molecular weight is 632 g/mol. The number of allylic oxidation sites excluding steroid dienone is 1. The maximum Gasteiger partial charge on any atom is 2.00 e. The van der Waals surface area contributed by atoms with E-state index in [0.29, 0.717) is 67.9 Å². The molecule has 1 saturated heterocycles. The normalized spacial score (nSPS) is 24.2. The summed E-state index contributed by atoms with van der Waals surface area (Å²) in [5.41, 5.74) is 6.76. The van der Waals surface area contributed by atoms with Crippen LogP contribution >= 0.6 is 0 Å². The van der Waals surface area contributed by atoms with Crippen molar-refractivity contribution < 1.29 is 29.3 Å². The van der Waals surface area contributed by atoms with Gasteiger partial charge in [0, 0.05) is 23.6 Å². The van der Waals surface area contributed by atoms with Gasteiger partial charge in [0.05, 0.1) is 19.4 Å². The third kappa shape index (κ3) is 5.05. The number of aliphatic hydroxyl groups is 1. The molecule has 4 atom stereocenters. The molecule has 0 aromatic carbocycles. The molecule has 3 aromatic rings. The number of Topliss-reactive ketones (excluding diaryl/α,β-unsaturated/α-hetero) is 1. The van der Waals surface area contributed by atoms with E-state index < -0.39 is 23.9 Å². The predicted molar refractivity (Wildman–Crippen MR) is 174 cm³/mol. The van der Waals surface area contributed by atoms with Gasteiger partial charge in [0.25, 0.3) is 0 Å². The van der Waals surface area contributed by atoms with Crippen molar-refractivity contribution >= 4 is 76.9 Å². The van der Waals surface area contributed by atoms with Crippen molar-refractivity contribution in [2.75, 3.05) is 7.11 Å². The van der Waals surface area contributed by atoms with Gasteiger partial charge in [-0.05, 0) is 49.0 Å². The van der Waals surface area contributed by atoms with E-state index >= 15 is 0 Å². The quantitative estimate of drug-likeness (QED) is 0.199. The van der Waals surface area contributed by atoms with Crippen LogP contribution in [-0.4, -0.2) is 64.1 Å². The Kier molecular flexibility index (Phi) is 9.02. The molecule has 0 radical (unpaired) electrons. The Balaban J connectivity index is 0.00000417. The number of aromatic nitrogens is 3. The van der Waals surface area contributed by atoms with Crippen molar-refractivity contribution in [3.63, 3.8) is 0 Å². The summed E-state index contributed by atoms with van der Waals surface area (Å²) in [6.45, 7) is 11.8. The van der Waals surface area contributed by atoms with Crippen molar-refractivity contribution in [2.24, 2.45) is 17.8 Å². The summed E-state index contributed by atoms with van der Waals surface area (Å²) in [4.78, 5) is 53.7. The van der Waals surface area contributed by atoms with Gasteiger partial charge in [-0.25, -0.2) is 0 Å². The van der Waals surface area contributed by atoms with E-state index in [1.807, 2.05) is 39.0 Å². The molecule has 3 aromatic heterocycles. The molecule has 0 amide bonds. The van der Waals surface area contributed by atoms with E-state index in [0.717, 1.165) is 28.6 Å². The number of nitrogens with zero attached hydrogens (tertiary/aromatic N) is 3. The second-order valence-corrected chi connectivity index (χ2v) is 11.9. The van der Waals surface area contributed by atoms with Crippen molar-refractivity contribution in [3.05, 3.63) is 78.4 Å². The van der Waals surface area contributed by atoms with Crippen LogP contribution < -0.4 is 41.5 Å². The smallest absolute Gasteiger partial charge is 0.657 e. The van der Waals surface area contributed by atoms with Crippen LogP contribution in [-0.2, 0) is 20.7 Å². The van der Waals surface area contributed by atoms with Crippen molar-refractivity contribution in [1.82, 2.24) is 20.3 Å². The number of esters is 1. The Morgan fingerprint density at radius 2 is 1.78 bits per heavy atom. The fourth-order valence-electron chi connectivity index (χ4n) is 7.26. The van der Waals surface area contributed by atoms with Gasteiger partial charge in [-0.1, -0.05) is 61.4 Å². The van der Waals surface area contributed by atoms with Gasteiger partial charge in [-0.3, -0.25) is 14.4 Å². The zero-order valence-corrected chi connectivity index (χ0v) is 28.0. The molecule has 2 aliphatic heterocycles. The minimum atomic E-state index is -1.20. The number of hydrogen-bond acceptors (Lipinski definition) is 6. The zero-order chi connectivity index (χ0) is 32.3. The Morgan fingerprint density at radius 1 is 1.07 bits per heavy atom. The van der Waals surface area contributed by atoms with Crippen LogP contribution in [0.5, 0.6) is 0 Å². The number of carboxylic acids is 1. The van der Waals surface area contributed by atoms with Crippen molar-refractivity contribution in [1.29, 1.82) is 0 Å². The molecule has 0 saturated carbocycles.